The van der Waals surface area contributed by atoms with E-state index in [1.165, 1.54) is 6.21 Å². The van der Waals surface area contributed by atoms with Crippen molar-refractivity contribution >= 4 is 35.4 Å². The van der Waals surface area contributed by atoms with Crippen LogP contribution in [0.3, 0.4) is 0 Å². The molecule has 0 aliphatic carbocycles. The third-order valence-corrected chi connectivity index (χ3v) is 3.27. The first-order valence-electron chi connectivity index (χ1n) is 6.34. The van der Waals surface area contributed by atoms with Crippen molar-refractivity contribution in [2.75, 3.05) is 0 Å². The van der Waals surface area contributed by atoms with Gasteiger partial charge in [0.15, 0.2) is 0 Å². The second-order valence-corrected chi connectivity index (χ2v) is 5.18. The summed E-state index contributed by atoms with van der Waals surface area (Å²) in [6.45, 7) is 0.309. The maximum absolute atomic E-state index is 6.12. The Morgan fingerprint density at radius 2 is 1.91 bits per heavy atom. The van der Waals surface area contributed by atoms with E-state index >= 15 is 0 Å². The number of rotatable bonds is 5. The van der Waals surface area contributed by atoms with Gasteiger partial charge in [-0.1, -0.05) is 41.4 Å². The van der Waals surface area contributed by atoms with Crippen LogP contribution in [0.25, 0.3) is 0 Å². The van der Waals surface area contributed by atoms with Gasteiger partial charge in [0, 0.05) is 21.2 Å². The maximum Gasteiger partial charge on any atom is 0.211 e. The molecule has 0 aliphatic heterocycles. The molecule has 114 valence electrons. The first kappa shape index (κ1) is 16.1. The molecule has 2 aromatic rings. The van der Waals surface area contributed by atoms with E-state index in [9.17, 15) is 0 Å². The summed E-state index contributed by atoms with van der Waals surface area (Å²) in [4.78, 5) is 0. The topological polar surface area (TPSA) is 86.0 Å². The predicted molar refractivity (Wildman–Crippen MR) is 90.6 cm³/mol. The van der Waals surface area contributed by atoms with Crippen molar-refractivity contribution in [3.63, 3.8) is 0 Å². The first-order valence-corrected chi connectivity index (χ1v) is 7.09. The molecule has 0 bridgehead atoms. The molecular formula is C15H14Cl2N4O. The Labute approximate surface area is 138 Å². The zero-order chi connectivity index (χ0) is 15.9. The summed E-state index contributed by atoms with van der Waals surface area (Å²) < 4.78 is 5.77. The molecule has 0 saturated carbocycles. The number of nitrogens with zero attached hydrogens (tertiary/aromatic N) is 2. The van der Waals surface area contributed by atoms with Crippen molar-refractivity contribution < 1.29 is 4.74 Å². The highest BCUT2D eigenvalue weighted by atomic mass is 35.5. The minimum Gasteiger partial charge on any atom is -0.488 e. The Bertz CT molecular complexity index is 712. The number of para-hydroxylation sites is 1. The summed E-state index contributed by atoms with van der Waals surface area (Å²) in [5.74, 6) is 0.533. The molecule has 0 aliphatic rings. The zero-order valence-electron chi connectivity index (χ0n) is 11.5. The fourth-order valence-electron chi connectivity index (χ4n) is 1.67. The van der Waals surface area contributed by atoms with E-state index in [-0.39, 0.29) is 5.96 Å². The molecule has 5 nitrogen and oxygen atoms in total. The van der Waals surface area contributed by atoms with Gasteiger partial charge in [-0.15, -0.1) is 5.10 Å². The van der Waals surface area contributed by atoms with Crippen LogP contribution < -0.4 is 16.2 Å². The summed E-state index contributed by atoms with van der Waals surface area (Å²) in [5.41, 5.74) is 12.0. The Hall–Kier alpha value is -2.24. The largest absolute Gasteiger partial charge is 0.488 e. The van der Waals surface area contributed by atoms with Gasteiger partial charge in [0.25, 0.3) is 0 Å². The average Bonchev–Trinajstić information content (AvgIpc) is 2.47. The van der Waals surface area contributed by atoms with Crippen LogP contribution in [0.2, 0.25) is 10.0 Å². The number of benzene rings is 2. The summed E-state index contributed by atoms with van der Waals surface area (Å²) in [7, 11) is 0. The van der Waals surface area contributed by atoms with Gasteiger partial charge in [-0.05, 0) is 24.3 Å². The number of guanidine groups is 1. The van der Waals surface area contributed by atoms with E-state index in [0.717, 1.165) is 11.1 Å². The van der Waals surface area contributed by atoms with Crippen molar-refractivity contribution in [3.05, 3.63) is 63.6 Å². The minimum absolute atomic E-state index is 0.109. The van der Waals surface area contributed by atoms with E-state index in [1.54, 1.807) is 12.1 Å². The zero-order valence-corrected chi connectivity index (χ0v) is 13.1. The SMILES string of the molecule is NC(N)=N/N=C/c1ccccc1OCc1ccc(Cl)cc1Cl. The van der Waals surface area contributed by atoms with Crippen LogP contribution in [0.4, 0.5) is 0 Å². The maximum atomic E-state index is 6.12. The van der Waals surface area contributed by atoms with Gasteiger partial charge in [0.2, 0.25) is 5.96 Å². The van der Waals surface area contributed by atoms with Gasteiger partial charge >= 0.3 is 0 Å². The van der Waals surface area contributed by atoms with Crippen LogP contribution in [0, 0.1) is 0 Å². The van der Waals surface area contributed by atoms with Gasteiger partial charge < -0.3 is 16.2 Å². The average molecular weight is 337 g/mol. The lowest BCUT2D eigenvalue weighted by Gasteiger charge is -2.10. The molecular weight excluding hydrogens is 323 g/mol. The molecule has 2 aromatic carbocycles. The standard InChI is InChI=1S/C15H14Cl2N4O/c16-12-6-5-11(13(17)7-12)9-22-14-4-2-1-3-10(14)8-20-21-15(18)19/h1-8H,9H2,(H4,18,19,21)/b20-8+. The normalized spacial score (nSPS) is 10.6. The van der Waals surface area contributed by atoms with E-state index in [0.29, 0.717) is 22.4 Å². The lowest BCUT2D eigenvalue weighted by atomic mass is 10.2. The second kappa shape index (κ2) is 7.68. The van der Waals surface area contributed by atoms with Gasteiger partial charge in [0.1, 0.15) is 12.4 Å². The molecule has 0 spiro atoms. The van der Waals surface area contributed by atoms with E-state index in [4.69, 9.17) is 39.4 Å². The van der Waals surface area contributed by atoms with Crippen molar-refractivity contribution in [2.24, 2.45) is 21.7 Å². The molecule has 7 heteroatoms. The summed E-state index contributed by atoms with van der Waals surface area (Å²) in [5, 5.41) is 8.47. The van der Waals surface area contributed by atoms with E-state index < -0.39 is 0 Å². The number of halogens is 2. The Morgan fingerprint density at radius 1 is 1.14 bits per heavy atom. The quantitative estimate of drug-likeness (QED) is 0.499. The van der Waals surface area contributed by atoms with Crippen molar-refractivity contribution in [2.45, 2.75) is 6.61 Å². The highest BCUT2D eigenvalue weighted by Gasteiger charge is 2.05. The monoisotopic (exact) mass is 336 g/mol. The number of ether oxygens (including phenoxy) is 1. The highest BCUT2D eigenvalue weighted by Crippen LogP contribution is 2.23. The third-order valence-electron chi connectivity index (χ3n) is 2.69. The molecule has 0 atom stereocenters. The number of nitrogens with two attached hydrogens (primary N) is 2. The summed E-state index contributed by atoms with van der Waals surface area (Å²) >= 11 is 12.0. The van der Waals surface area contributed by atoms with Crippen LogP contribution in [0.5, 0.6) is 5.75 Å². The molecule has 4 N–H and O–H groups in total. The van der Waals surface area contributed by atoms with Crippen LogP contribution in [0.1, 0.15) is 11.1 Å². The van der Waals surface area contributed by atoms with Gasteiger partial charge in [-0.2, -0.15) is 5.10 Å². The van der Waals surface area contributed by atoms with Gasteiger partial charge in [-0.25, -0.2) is 0 Å². The molecule has 0 amide bonds. The molecule has 0 fully saturated rings. The highest BCUT2D eigenvalue weighted by molar-refractivity contribution is 6.35. The Morgan fingerprint density at radius 3 is 2.64 bits per heavy atom. The molecule has 0 heterocycles. The lowest BCUT2D eigenvalue weighted by Crippen LogP contribution is -2.21. The van der Waals surface area contributed by atoms with Crippen molar-refractivity contribution in [1.29, 1.82) is 0 Å². The Kier molecular flexibility index (Phi) is 5.63. The first-order chi connectivity index (χ1) is 10.6. The minimum atomic E-state index is -0.109. The summed E-state index contributed by atoms with van der Waals surface area (Å²) in [6.07, 6.45) is 1.51. The van der Waals surface area contributed by atoms with Crippen molar-refractivity contribution in [1.82, 2.24) is 0 Å². The molecule has 0 saturated heterocycles. The van der Waals surface area contributed by atoms with E-state index in [2.05, 4.69) is 10.2 Å². The fraction of sp³-hybridized carbons (Fsp3) is 0.0667. The molecule has 2 rings (SSSR count). The van der Waals surface area contributed by atoms with Crippen LogP contribution in [0.15, 0.2) is 52.7 Å². The van der Waals surface area contributed by atoms with Gasteiger partial charge in [-0.3, -0.25) is 0 Å². The molecule has 0 radical (unpaired) electrons. The molecule has 22 heavy (non-hydrogen) atoms. The summed E-state index contributed by atoms with van der Waals surface area (Å²) in [6, 6.07) is 12.6. The van der Waals surface area contributed by atoms with Gasteiger partial charge in [0.05, 0.1) is 6.21 Å². The Balaban J connectivity index is 2.13. The lowest BCUT2D eigenvalue weighted by molar-refractivity contribution is 0.306. The number of hydrogen-bond donors (Lipinski definition) is 2. The van der Waals surface area contributed by atoms with E-state index in [1.807, 2.05) is 30.3 Å². The predicted octanol–water partition coefficient (Wildman–Crippen LogP) is 3.18. The smallest absolute Gasteiger partial charge is 0.211 e. The molecule has 0 unspecified atom stereocenters. The van der Waals surface area contributed by atoms with Crippen molar-refractivity contribution in [3.8, 4) is 5.75 Å². The van der Waals surface area contributed by atoms with Crippen LogP contribution >= 0.6 is 23.2 Å². The third kappa shape index (κ3) is 4.65. The fourth-order valence-corrected chi connectivity index (χ4v) is 2.13. The number of hydrogen-bond acceptors (Lipinski definition) is 3. The van der Waals surface area contributed by atoms with Crippen LogP contribution in [-0.2, 0) is 6.61 Å². The van der Waals surface area contributed by atoms with Crippen LogP contribution in [-0.4, -0.2) is 12.2 Å². The second-order valence-electron chi connectivity index (χ2n) is 4.33. The molecule has 0 aromatic heterocycles.